The maximum absolute atomic E-state index is 13.1. The van der Waals surface area contributed by atoms with Gasteiger partial charge in [0.1, 0.15) is 13.2 Å². The molecule has 0 saturated heterocycles. The van der Waals surface area contributed by atoms with Crippen LogP contribution in [-0.4, -0.2) is 73.4 Å². The third-order valence-electron chi connectivity index (χ3n) is 17.2. The molecule has 3 N–H and O–H groups in total. The quantitative estimate of drug-likeness (QED) is 0.0243. The number of hydrogen-bond donors (Lipinski definition) is 3. The third kappa shape index (κ3) is 69.7. The molecule has 0 aliphatic rings. The van der Waals surface area contributed by atoms with Crippen molar-refractivity contribution in [2.24, 2.45) is 0 Å². The highest BCUT2D eigenvalue weighted by Gasteiger charge is 2.28. The van der Waals surface area contributed by atoms with E-state index in [1.54, 1.807) is 6.08 Å². The first-order valence-corrected chi connectivity index (χ1v) is 39.2. The lowest BCUT2D eigenvalue weighted by Gasteiger charge is -2.25. The van der Waals surface area contributed by atoms with Crippen LogP contribution in [0, 0.1) is 0 Å². The van der Waals surface area contributed by atoms with E-state index in [-0.39, 0.29) is 19.1 Å². The number of hydrogen-bond acceptors (Lipinski definition) is 5. The van der Waals surface area contributed by atoms with Crippen LogP contribution >= 0.6 is 7.82 Å². The van der Waals surface area contributed by atoms with Gasteiger partial charge in [0.05, 0.1) is 39.9 Å². The van der Waals surface area contributed by atoms with Crippen LogP contribution in [0.2, 0.25) is 0 Å². The number of phosphoric ester groups is 1. The first kappa shape index (κ1) is 84.2. The van der Waals surface area contributed by atoms with Gasteiger partial charge >= 0.3 is 7.82 Å². The molecular formula is C77H148N2O6P+. The van der Waals surface area contributed by atoms with Gasteiger partial charge in [0.25, 0.3) is 0 Å². The highest BCUT2D eigenvalue weighted by molar-refractivity contribution is 7.47. The lowest BCUT2D eigenvalue weighted by molar-refractivity contribution is -0.870. The van der Waals surface area contributed by atoms with Gasteiger partial charge in [-0.3, -0.25) is 13.8 Å². The summed E-state index contributed by atoms with van der Waals surface area (Å²) in [4.78, 5) is 23.4. The Hall–Kier alpha value is -1.80. The molecule has 0 heterocycles. The van der Waals surface area contributed by atoms with Crippen LogP contribution in [-0.2, 0) is 18.4 Å². The molecule has 3 unspecified atom stereocenters. The lowest BCUT2D eigenvalue weighted by atomic mass is 10.0. The normalized spacial score (nSPS) is 13.9. The Morgan fingerprint density at radius 2 is 0.674 bits per heavy atom. The van der Waals surface area contributed by atoms with Crippen molar-refractivity contribution in [3.05, 3.63) is 60.8 Å². The molecule has 0 saturated carbocycles. The molecule has 0 aromatic rings. The maximum Gasteiger partial charge on any atom is 0.472 e. The molecule has 8 nitrogen and oxygen atoms in total. The van der Waals surface area contributed by atoms with Crippen molar-refractivity contribution in [2.45, 2.75) is 386 Å². The van der Waals surface area contributed by atoms with Gasteiger partial charge in [0.15, 0.2) is 0 Å². The number of carbonyl (C=O) groups excluding carboxylic acids is 1. The van der Waals surface area contributed by atoms with Crippen LogP contribution < -0.4 is 5.32 Å². The zero-order valence-electron chi connectivity index (χ0n) is 58.1. The van der Waals surface area contributed by atoms with Gasteiger partial charge in [0.2, 0.25) is 5.91 Å². The predicted molar refractivity (Wildman–Crippen MR) is 378 cm³/mol. The summed E-state index contributed by atoms with van der Waals surface area (Å²) in [6.45, 7) is 4.83. The molecule has 0 radical (unpaired) electrons. The molecule has 506 valence electrons. The summed E-state index contributed by atoms with van der Waals surface area (Å²) in [6, 6.07) is -0.871. The molecule has 0 aliphatic carbocycles. The van der Waals surface area contributed by atoms with Crippen LogP contribution in [0.5, 0.6) is 0 Å². The van der Waals surface area contributed by atoms with Crippen molar-refractivity contribution in [3.63, 3.8) is 0 Å². The molecule has 86 heavy (non-hydrogen) atoms. The van der Waals surface area contributed by atoms with Crippen LogP contribution in [0.4, 0.5) is 0 Å². The van der Waals surface area contributed by atoms with Crippen molar-refractivity contribution in [3.8, 4) is 0 Å². The summed E-state index contributed by atoms with van der Waals surface area (Å²) in [7, 11) is 1.56. The number of aliphatic hydroxyl groups excluding tert-OH is 1. The van der Waals surface area contributed by atoms with Gasteiger partial charge in [-0.25, -0.2) is 4.57 Å². The molecule has 0 aromatic carbocycles. The van der Waals surface area contributed by atoms with E-state index in [9.17, 15) is 19.4 Å². The topological polar surface area (TPSA) is 105 Å². The molecule has 0 aliphatic heterocycles. The Labute approximate surface area is 536 Å². The largest absolute Gasteiger partial charge is 0.472 e. The van der Waals surface area contributed by atoms with Crippen molar-refractivity contribution < 1.29 is 32.9 Å². The van der Waals surface area contributed by atoms with Crippen LogP contribution in [0.25, 0.3) is 0 Å². The van der Waals surface area contributed by atoms with E-state index < -0.39 is 20.0 Å². The fraction of sp³-hybridized carbons (Fsp3) is 0.857. The second kappa shape index (κ2) is 67.6. The monoisotopic (exact) mass is 1230 g/mol. The minimum absolute atomic E-state index is 0.0542. The first-order valence-electron chi connectivity index (χ1n) is 37.7. The molecule has 0 aromatic heterocycles. The summed E-state index contributed by atoms with van der Waals surface area (Å²) in [6.07, 6.45) is 94.1. The van der Waals surface area contributed by atoms with Gasteiger partial charge < -0.3 is 19.8 Å². The van der Waals surface area contributed by atoms with Crippen molar-refractivity contribution in [1.82, 2.24) is 5.32 Å². The van der Waals surface area contributed by atoms with E-state index in [1.165, 1.54) is 302 Å². The number of phosphoric acid groups is 1. The summed E-state index contributed by atoms with van der Waals surface area (Å²) in [5, 5.41) is 14.0. The highest BCUT2D eigenvalue weighted by Crippen LogP contribution is 2.43. The first-order chi connectivity index (χ1) is 42.0. The summed E-state index contributed by atoms with van der Waals surface area (Å²) in [5.74, 6) is -0.184. The fourth-order valence-corrected chi connectivity index (χ4v) is 12.1. The van der Waals surface area contributed by atoms with Gasteiger partial charge in [-0.15, -0.1) is 0 Å². The van der Waals surface area contributed by atoms with Gasteiger partial charge in [0, 0.05) is 6.42 Å². The van der Waals surface area contributed by atoms with E-state index >= 15 is 0 Å². The van der Waals surface area contributed by atoms with E-state index in [2.05, 4.69) is 67.8 Å². The van der Waals surface area contributed by atoms with Crippen LogP contribution in [0.1, 0.15) is 373 Å². The summed E-state index contributed by atoms with van der Waals surface area (Å²) in [5.41, 5.74) is 0. The van der Waals surface area contributed by atoms with E-state index in [0.29, 0.717) is 17.4 Å². The molecule has 0 bridgehead atoms. The number of nitrogens with zero attached hydrogens (tertiary/aromatic N) is 1. The van der Waals surface area contributed by atoms with Gasteiger partial charge in [-0.05, 0) is 77.0 Å². The molecule has 0 spiro atoms. The standard InChI is InChI=1S/C77H147N2O6P/c1-6-8-10-12-14-16-18-20-22-24-26-28-30-32-33-34-35-36-37-38-39-40-41-42-43-44-45-47-49-51-53-55-57-59-61-63-65-67-69-71-77(81)78-75(74-85-86(82,83)84-73-72-79(3,4)5)76(80)70-68-66-64-62-60-58-56-54-52-50-48-46-31-29-27-25-23-21-19-17-15-13-11-9-7-2/h18,20,24,26,52,54,60,62,68,70,75-76,80H,6-17,19,21-23,25,27-51,53,55-59,61,63-67,69,71-74H2,1-5H3,(H-,78,81,82,83)/p+1/b20-18-,26-24-,54-52+,62-60+,70-68+. The number of allylic oxidation sites excluding steroid dienone is 9. The van der Waals surface area contributed by atoms with Crippen LogP contribution in [0.15, 0.2) is 60.8 Å². The van der Waals surface area contributed by atoms with Crippen LogP contribution in [0.3, 0.4) is 0 Å². The Balaban J connectivity index is 3.99. The van der Waals surface area contributed by atoms with Crippen molar-refractivity contribution in [2.75, 3.05) is 40.9 Å². The molecule has 9 heteroatoms. The molecule has 0 rings (SSSR count). The third-order valence-corrected chi connectivity index (χ3v) is 18.2. The Kier molecular flexibility index (Phi) is 66.2. The van der Waals surface area contributed by atoms with Gasteiger partial charge in [-0.2, -0.15) is 0 Å². The number of rotatable bonds is 70. The van der Waals surface area contributed by atoms with E-state index in [0.717, 1.165) is 51.4 Å². The molecule has 0 fully saturated rings. The second-order valence-corrected chi connectivity index (χ2v) is 28.5. The van der Waals surface area contributed by atoms with Crippen molar-refractivity contribution >= 4 is 13.7 Å². The number of unbranched alkanes of at least 4 members (excludes halogenated alkanes) is 49. The number of carbonyl (C=O) groups is 1. The fourth-order valence-electron chi connectivity index (χ4n) is 11.3. The lowest BCUT2D eigenvalue weighted by Crippen LogP contribution is -2.45. The average molecular weight is 1230 g/mol. The molecule has 3 atom stereocenters. The number of quaternary nitrogens is 1. The Morgan fingerprint density at radius 1 is 0.395 bits per heavy atom. The molecular weight excluding hydrogens is 1080 g/mol. The Morgan fingerprint density at radius 3 is 1.00 bits per heavy atom. The van der Waals surface area contributed by atoms with Crippen molar-refractivity contribution in [1.29, 1.82) is 0 Å². The number of amides is 1. The average Bonchev–Trinajstić information content (AvgIpc) is 3.70. The molecule has 1 amide bonds. The Bertz CT molecular complexity index is 1590. The highest BCUT2D eigenvalue weighted by atomic mass is 31.2. The smallest absolute Gasteiger partial charge is 0.387 e. The minimum Gasteiger partial charge on any atom is -0.387 e. The van der Waals surface area contributed by atoms with Gasteiger partial charge in [-0.1, -0.05) is 351 Å². The minimum atomic E-state index is -4.37. The maximum atomic E-state index is 13.1. The second-order valence-electron chi connectivity index (χ2n) is 27.0. The number of nitrogens with one attached hydrogen (secondary N) is 1. The van der Waals surface area contributed by atoms with E-state index in [1.807, 2.05) is 27.2 Å². The summed E-state index contributed by atoms with van der Waals surface area (Å²) >= 11 is 0. The van der Waals surface area contributed by atoms with E-state index in [4.69, 9.17) is 9.05 Å². The zero-order valence-corrected chi connectivity index (χ0v) is 59.0. The summed E-state index contributed by atoms with van der Waals surface area (Å²) < 4.78 is 23.8. The zero-order chi connectivity index (χ0) is 62.6. The predicted octanol–water partition coefficient (Wildman–Crippen LogP) is 24.3. The number of aliphatic hydroxyl groups is 1. The number of likely N-dealkylation sites (N-methyl/N-ethyl adjacent to an activating group) is 1. The SMILES string of the molecule is CCCCCCC/C=C\C/C=C\CCCCCCCCCCCCCCCCCCCCCCCCCCCCCC(=O)NC(COP(=O)(O)OCC[N+](C)(C)C)C(O)/C=C/CC/C=C/CC/C=C/CCCCCCCCCCCCCCCCC.